The van der Waals surface area contributed by atoms with Gasteiger partial charge in [0.05, 0.1) is 16.7 Å². The smallest absolute Gasteiger partial charge is 0.271 e. The van der Waals surface area contributed by atoms with Crippen LogP contribution in [-0.2, 0) is 9.84 Å². The van der Waals surface area contributed by atoms with Crippen molar-refractivity contribution in [1.82, 2.24) is 15.1 Å². The van der Waals surface area contributed by atoms with Gasteiger partial charge in [0.15, 0.2) is 9.84 Å². The van der Waals surface area contributed by atoms with E-state index in [2.05, 4.69) is 10.2 Å². The third kappa shape index (κ3) is 3.71. The van der Waals surface area contributed by atoms with Gasteiger partial charge in [-0.25, -0.2) is 8.42 Å². The Morgan fingerprint density at radius 1 is 1.00 bits per heavy atom. The van der Waals surface area contributed by atoms with Crippen LogP contribution in [0, 0.1) is 0 Å². The number of hydrogen-bond acceptors (Lipinski definition) is 4. The second-order valence-electron chi connectivity index (χ2n) is 6.88. The number of hydrogen-bond donors (Lipinski definition) is 1. The number of H-pyrrole nitrogens is 1. The van der Waals surface area contributed by atoms with Crippen molar-refractivity contribution in [2.45, 2.75) is 11.7 Å². The summed E-state index contributed by atoms with van der Waals surface area (Å²) in [7, 11) is -3.32. The molecule has 1 aromatic heterocycles. The highest BCUT2D eigenvalue weighted by molar-refractivity contribution is 7.91. The molecule has 0 spiro atoms. The zero-order valence-corrected chi connectivity index (χ0v) is 16.1. The maximum atomic E-state index is 12.9. The molecule has 28 heavy (non-hydrogen) atoms. The van der Waals surface area contributed by atoms with Gasteiger partial charge in [-0.1, -0.05) is 60.7 Å². The average Bonchev–Trinajstić information content (AvgIpc) is 3.15. The topological polar surface area (TPSA) is 83.1 Å². The van der Waals surface area contributed by atoms with Gasteiger partial charge in [0.25, 0.3) is 5.91 Å². The molecule has 144 valence electrons. The molecule has 1 saturated heterocycles. The van der Waals surface area contributed by atoms with E-state index >= 15 is 0 Å². The Kier molecular flexibility index (Phi) is 5.00. The summed E-state index contributed by atoms with van der Waals surface area (Å²) in [5, 5.41) is 6.45. The largest absolute Gasteiger partial charge is 0.336 e. The minimum absolute atomic E-state index is 0.0437. The number of carbonyl (C=O) groups is 1. The van der Waals surface area contributed by atoms with Crippen LogP contribution in [0.25, 0.3) is 11.3 Å². The molecule has 1 N–H and O–H groups in total. The summed E-state index contributed by atoms with van der Waals surface area (Å²) in [5.74, 6) is -0.267. The summed E-state index contributed by atoms with van der Waals surface area (Å²) >= 11 is 0. The highest BCUT2D eigenvalue weighted by Crippen LogP contribution is 2.29. The van der Waals surface area contributed by atoms with Gasteiger partial charge in [-0.3, -0.25) is 9.89 Å². The predicted octanol–water partition coefficient (Wildman–Crippen LogP) is 3.08. The Bertz CT molecular complexity index is 1060. The van der Waals surface area contributed by atoms with Crippen LogP contribution in [0.2, 0.25) is 0 Å². The first-order valence-corrected chi connectivity index (χ1v) is 10.9. The lowest BCUT2D eigenvalue weighted by atomic mass is 10.1. The zero-order valence-electron chi connectivity index (χ0n) is 15.3. The van der Waals surface area contributed by atoms with Crippen molar-refractivity contribution in [3.8, 4) is 11.3 Å². The Balaban J connectivity index is 1.53. The van der Waals surface area contributed by atoms with E-state index in [9.17, 15) is 13.2 Å². The molecule has 1 amide bonds. The van der Waals surface area contributed by atoms with Crippen LogP contribution in [0.5, 0.6) is 0 Å². The Labute approximate surface area is 164 Å². The molecule has 3 aromatic rings. The lowest BCUT2D eigenvalue weighted by Gasteiger charge is -2.19. The van der Waals surface area contributed by atoms with Gasteiger partial charge in [0.1, 0.15) is 5.69 Å². The maximum absolute atomic E-state index is 12.9. The molecular weight excluding hydrogens is 374 g/mol. The molecule has 1 fully saturated rings. The van der Waals surface area contributed by atoms with Gasteiger partial charge < -0.3 is 4.90 Å². The van der Waals surface area contributed by atoms with Crippen LogP contribution in [0.1, 0.15) is 27.7 Å². The fraction of sp³-hybridized carbons (Fsp3) is 0.238. The minimum atomic E-state index is -3.32. The summed E-state index contributed by atoms with van der Waals surface area (Å²) in [6.45, 7) is 0.571. The molecular formula is C21H21N3O3S. The summed E-state index contributed by atoms with van der Waals surface area (Å²) in [4.78, 5) is 14.5. The molecule has 1 aliphatic rings. The van der Waals surface area contributed by atoms with E-state index in [1.807, 2.05) is 60.7 Å². The lowest BCUT2D eigenvalue weighted by molar-refractivity contribution is 0.0760. The van der Waals surface area contributed by atoms with Gasteiger partial charge in [-0.15, -0.1) is 0 Å². The second kappa shape index (κ2) is 7.59. The number of rotatable bonds is 3. The van der Waals surface area contributed by atoms with Gasteiger partial charge in [0, 0.05) is 18.7 Å². The highest BCUT2D eigenvalue weighted by Gasteiger charge is 2.33. The number of aromatic nitrogens is 2. The summed E-state index contributed by atoms with van der Waals surface area (Å²) in [6.07, 6.45) is 0.387. The summed E-state index contributed by atoms with van der Waals surface area (Å²) < 4.78 is 25.5. The fourth-order valence-corrected chi connectivity index (χ4v) is 5.34. The predicted molar refractivity (Wildman–Crippen MR) is 108 cm³/mol. The van der Waals surface area contributed by atoms with Gasteiger partial charge >= 0.3 is 0 Å². The van der Waals surface area contributed by atoms with Crippen LogP contribution in [0.4, 0.5) is 0 Å². The third-order valence-corrected chi connectivity index (χ3v) is 7.20. The molecule has 0 bridgehead atoms. The SMILES string of the molecule is O=C(c1cc(-c2ccccc2)n[nH]1)N1CCC(c2ccccc2)S(=O)(=O)CC1. The first-order chi connectivity index (χ1) is 13.5. The lowest BCUT2D eigenvalue weighted by Crippen LogP contribution is -2.33. The van der Waals surface area contributed by atoms with Crippen LogP contribution < -0.4 is 0 Å². The number of amides is 1. The van der Waals surface area contributed by atoms with Crippen molar-refractivity contribution in [3.05, 3.63) is 78.0 Å². The number of nitrogens with one attached hydrogen (secondary N) is 1. The average molecular weight is 395 g/mol. The monoisotopic (exact) mass is 395 g/mol. The van der Waals surface area contributed by atoms with Gasteiger partial charge in [0.2, 0.25) is 0 Å². The van der Waals surface area contributed by atoms with Gasteiger partial charge in [-0.05, 0) is 18.1 Å². The first-order valence-electron chi connectivity index (χ1n) is 9.21. The number of benzene rings is 2. The fourth-order valence-electron chi connectivity index (χ4n) is 3.55. The Morgan fingerprint density at radius 3 is 2.39 bits per heavy atom. The van der Waals surface area contributed by atoms with Crippen LogP contribution in [-0.4, -0.2) is 48.3 Å². The molecule has 1 unspecified atom stereocenters. The molecule has 0 saturated carbocycles. The molecule has 0 radical (unpaired) electrons. The first kappa shape index (κ1) is 18.4. The third-order valence-electron chi connectivity index (χ3n) is 5.08. The van der Waals surface area contributed by atoms with Gasteiger partial charge in [-0.2, -0.15) is 5.10 Å². The zero-order chi connectivity index (χ0) is 19.6. The highest BCUT2D eigenvalue weighted by atomic mass is 32.2. The van der Waals surface area contributed by atoms with Crippen molar-refractivity contribution in [2.24, 2.45) is 0 Å². The molecule has 4 rings (SSSR count). The Hall–Kier alpha value is -2.93. The summed E-state index contributed by atoms with van der Waals surface area (Å²) in [6, 6.07) is 20.5. The molecule has 1 aliphatic heterocycles. The van der Waals surface area contributed by atoms with E-state index in [1.54, 1.807) is 11.0 Å². The maximum Gasteiger partial charge on any atom is 0.271 e. The van der Waals surface area contributed by atoms with E-state index in [1.165, 1.54) is 0 Å². The van der Waals surface area contributed by atoms with E-state index in [-0.39, 0.29) is 18.2 Å². The molecule has 2 heterocycles. The van der Waals surface area contributed by atoms with E-state index in [0.717, 1.165) is 11.1 Å². The molecule has 2 aromatic carbocycles. The normalized spacial score (nSPS) is 19.1. The van der Waals surface area contributed by atoms with Crippen molar-refractivity contribution in [3.63, 3.8) is 0 Å². The van der Waals surface area contributed by atoms with Crippen LogP contribution >= 0.6 is 0 Å². The van der Waals surface area contributed by atoms with Crippen LogP contribution in [0.3, 0.4) is 0 Å². The van der Waals surface area contributed by atoms with E-state index < -0.39 is 15.1 Å². The molecule has 7 heteroatoms. The quantitative estimate of drug-likeness (QED) is 0.739. The number of nitrogens with zero attached hydrogens (tertiary/aromatic N) is 2. The second-order valence-corrected chi connectivity index (χ2v) is 9.18. The molecule has 0 aliphatic carbocycles. The number of carbonyl (C=O) groups excluding carboxylic acids is 1. The standard InChI is InChI=1S/C21H21N3O3S/c25-21(19-15-18(22-23-19)16-7-3-1-4-8-16)24-12-11-20(28(26,27)14-13-24)17-9-5-2-6-10-17/h1-10,15,20H,11-14H2,(H,22,23). The van der Waals surface area contributed by atoms with E-state index in [0.29, 0.717) is 24.4 Å². The van der Waals surface area contributed by atoms with Crippen molar-refractivity contribution >= 4 is 15.7 Å². The van der Waals surface area contributed by atoms with E-state index in [4.69, 9.17) is 0 Å². The summed E-state index contributed by atoms with van der Waals surface area (Å²) in [5.41, 5.74) is 2.76. The molecule has 6 nitrogen and oxygen atoms in total. The molecule has 1 atom stereocenters. The number of aromatic amines is 1. The van der Waals surface area contributed by atoms with Crippen molar-refractivity contribution in [2.75, 3.05) is 18.8 Å². The van der Waals surface area contributed by atoms with Crippen molar-refractivity contribution in [1.29, 1.82) is 0 Å². The Morgan fingerprint density at radius 2 is 1.68 bits per heavy atom. The van der Waals surface area contributed by atoms with Crippen LogP contribution in [0.15, 0.2) is 66.7 Å². The number of sulfone groups is 1. The van der Waals surface area contributed by atoms with Crippen molar-refractivity contribution < 1.29 is 13.2 Å². The minimum Gasteiger partial charge on any atom is -0.336 e.